The minimum absolute atomic E-state index is 0.0942. The minimum atomic E-state index is -0.0942. The zero-order chi connectivity index (χ0) is 13.6. The van der Waals surface area contributed by atoms with Crippen LogP contribution in [0.15, 0.2) is 30.3 Å². The summed E-state index contributed by atoms with van der Waals surface area (Å²) < 4.78 is 0. The van der Waals surface area contributed by atoms with Gasteiger partial charge in [-0.1, -0.05) is 56.5 Å². The summed E-state index contributed by atoms with van der Waals surface area (Å²) in [6, 6.07) is 13.2. The first-order valence-electron chi connectivity index (χ1n) is 7.45. The molecule has 0 heterocycles. The SMILES string of the molecule is CCN(Cc1ccccc1)CC1(C#N)CCCCC1. The molecule has 0 atom stereocenters. The second-order valence-electron chi connectivity index (χ2n) is 5.74. The summed E-state index contributed by atoms with van der Waals surface area (Å²) in [6.45, 7) is 5.09. The molecular weight excluding hydrogens is 232 g/mol. The molecule has 2 nitrogen and oxygen atoms in total. The van der Waals surface area contributed by atoms with Crippen LogP contribution < -0.4 is 0 Å². The molecule has 2 rings (SSSR count). The van der Waals surface area contributed by atoms with E-state index in [0.717, 1.165) is 32.5 Å². The van der Waals surface area contributed by atoms with E-state index >= 15 is 0 Å². The Labute approximate surface area is 117 Å². The summed E-state index contributed by atoms with van der Waals surface area (Å²) >= 11 is 0. The molecule has 1 aliphatic carbocycles. The summed E-state index contributed by atoms with van der Waals surface area (Å²) in [5, 5.41) is 9.58. The van der Waals surface area contributed by atoms with Gasteiger partial charge in [0.1, 0.15) is 0 Å². The van der Waals surface area contributed by atoms with Gasteiger partial charge in [-0.05, 0) is 24.9 Å². The molecule has 0 aliphatic heterocycles. The Balaban J connectivity index is 2.00. The maximum absolute atomic E-state index is 9.58. The molecule has 0 N–H and O–H groups in total. The maximum atomic E-state index is 9.58. The average molecular weight is 256 g/mol. The van der Waals surface area contributed by atoms with Crippen molar-refractivity contribution < 1.29 is 0 Å². The van der Waals surface area contributed by atoms with Crippen LogP contribution in [-0.2, 0) is 6.54 Å². The molecule has 0 radical (unpaired) electrons. The van der Waals surface area contributed by atoms with Crippen molar-refractivity contribution in [2.75, 3.05) is 13.1 Å². The highest BCUT2D eigenvalue weighted by Crippen LogP contribution is 2.36. The highest BCUT2D eigenvalue weighted by atomic mass is 15.1. The van der Waals surface area contributed by atoms with Crippen molar-refractivity contribution in [3.8, 4) is 6.07 Å². The van der Waals surface area contributed by atoms with Gasteiger partial charge in [0.05, 0.1) is 11.5 Å². The van der Waals surface area contributed by atoms with Crippen molar-refractivity contribution in [1.29, 1.82) is 5.26 Å². The Bertz CT molecular complexity index is 413. The van der Waals surface area contributed by atoms with Gasteiger partial charge in [0, 0.05) is 13.1 Å². The molecule has 0 unspecified atom stereocenters. The van der Waals surface area contributed by atoms with Crippen LogP contribution in [0.5, 0.6) is 0 Å². The maximum Gasteiger partial charge on any atom is 0.0703 e. The van der Waals surface area contributed by atoms with Gasteiger partial charge in [-0.2, -0.15) is 5.26 Å². The lowest BCUT2D eigenvalue weighted by atomic mass is 9.75. The molecule has 2 heteroatoms. The topological polar surface area (TPSA) is 27.0 Å². The molecule has 0 amide bonds. The van der Waals surface area contributed by atoms with Crippen molar-refractivity contribution in [3.05, 3.63) is 35.9 Å². The Morgan fingerprint density at radius 2 is 1.84 bits per heavy atom. The van der Waals surface area contributed by atoms with Gasteiger partial charge in [0.15, 0.2) is 0 Å². The molecule has 0 spiro atoms. The van der Waals surface area contributed by atoms with Crippen molar-refractivity contribution in [1.82, 2.24) is 4.90 Å². The first kappa shape index (κ1) is 14.1. The first-order valence-corrected chi connectivity index (χ1v) is 7.45. The first-order chi connectivity index (χ1) is 9.28. The third-order valence-corrected chi connectivity index (χ3v) is 4.27. The number of hydrogen-bond acceptors (Lipinski definition) is 2. The number of benzene rings is 1. The summed E-state index contributed by atoms with van der Waals surface area (Å²) in [4.78, 5) is 2.42. The molecule has 0 bridgehead atoms. The highest BCUT2D eigenvalue weighted by molar-refractivity contribution is 5.14. The average Bonchev–Trinajstić information content (AvgIpc) is 2.48. The molecule has 1 aromatic carbocycles. The van der Waals surface area contributed by atoms with E-state index in [0.29, 0.717) is 0 Å². The van der Waals surface area contributed by atoms with E-state index in [1.54, 1.807) is 0 Å². The van der Waals surface area contributed by atoms with Crippen LogP contribution in [0.1, 0.15) is 44.6 Å². The Hall–Kier alpha value is -1.33. The van der Waals surface area contributed by atoms with Crippen LogP contribution in [-0.4, -0.2) is 18.0 Å². The molecule has 0 saturated heterocycles. The second kappa shape index (κ2) is 6.73. The van der Waals surface area contributed by atoms with E-state index in [4.69, 9.17) is 0 Å². The smallest absolute Gasteiger partial charge is 0.0703 e. The van der Waals surface area contributed by atoms with E-state index in [1.807, 2.05) is 0 Å². The minimum Gasteiger partial charge on any atom is -0.298 e. The van der Waals surface area contributed by atoms with E-state index in [-0.39, 0.29) is 5.41 Å². The highest BCUT2D eigenvalue weighted by Gasteiger charge is 2.33. The van der Waals surface area contributed by atoms with Gasteiger partial charge in [-0.3, -0.25) is 4.90 Å². The summed E-state index contributed by atoms with van der Waals surface area (Å²) in [5.74, 6) is 0. The Morgan fingerprint density at radius 1 is 1.16 bits per heavy atom. The Kier molecular flexibility index (Phi) is 4.99. The molecule has 0 aromatic heterocycles. The van der Waals surface area contributed by atoms with Crippen molar-refractivity contribution in [2.45, 2.75) is 45.6 Å². The molecule has 1 aromatic rings. The van der Waals surface area contributed by atoms with Gasteiger partial charge in [-0.15, -0.1) is 0 Å². The molecule has 102 valence electrons. The summed E-state index contributed by atoms with van der Waals surface area (Å²) in [7, 11) is 0. The fourth-order valence-electron chi connectivity index (χ4n) is 3.08. The number of nitriles is 1. The number of rotatable bonds is 5. The Morgan fingerprint density at radius 3 is 2.42 bits per heavy atom. The lowest BCUT2D eigenvalue weighted by Gasteiger charge is -2.35. The van der Waals surface area contributed by atoms with Crippen LogP contribution >= 0.6 is 0 Å². The quantitative estimate of drug-likeness (QED) is 0.796. The molecular formula is C17H24N2. The lowest BCUT2D eigenvalue weighted by Crippen LogP contribution is -2.38. The van der Waals surface area contributed by atoms with E-state index in [2.05, 4.69) is 48.2 Å². The molecule has 1 aliphatic rings. The lowest BCUT2D eigenvalue weighted by molar-refractivity contribution is 0.152. The summed E-state index contributed by atoms with van der Waals surface area (Å²) in [6.07, 6.45) is 5.89. The van der Waals surface area contributed by atoms with Crippen LogP contribution in [0.2, 0.25) is 0 Å². The van der Waals surface area contributed by atoms with Crippen molar-refractivity contribution in [2.24, 2.45) is 5.41 Å². The standard InChI is InChI=1S/C17H24N2/c1-2-19(13-16-9-5-3-6-10-16)15-17(14-18)11-7-4-8-12-17/h3,5-6,9-10H,2,4,7-8,11-13,15H2,1H3. The third-order valence-electron chi connectivity index (χ3n) is 4.27. The fourth-order valence-corrected chi connectivity index (χ4v) is 3.08. The van der Waals surface area contributed by atoms with E-state index in [9.17, 15) is 5.26 Å². The molecule has 19 heavy (non-hydrogen) atoms. The predicted octanol–water partition coefficient (Wildman–Crippen LogP) is 3.98. The second-order valence-corrected chi connectivity index (χ2v) is 5.74. The van der Waals surface area contributed by atoms with Crippen LogP contribution in [0.4, 0.5) is 0 Å². The van der Waals surface area contributed by atoms with Gasteiger partial charge >= 0.3 is 0 Å². The third kappa shape index (κ3) is 3.81. The molecule has 1 saturated carbocycles. The van der Waals surface area contributed by atoms with E-state index < -0.39 is 0 Å². The van der Waals surface area contributed by atoms with E-state index in [1.165, 1.54) is 24.8 Å². The number of nitrogens with zero attached hydrogens (tertiary/aromatic N) is 2. The zero-order valence-electron chi connectivity index (χ0n) is 11.9. The van der Waals surface area contributed by atoms with Gasteiger partial charge in [-0.25, -0.2) is 0 Å². The van der Waals surface area contributed by atoms with Crippen molar-refractivity contribution in [3.63, 3.8) is 0 Å². The number of hydrogen-bond donors (Lipinski definition) is 0. The monoisotopic (exact) mass is 256 g/mol. The largest absolute Gasteiger partial charge is 0.298 e. The van der Waals surface area contributed by atoms with Crippen LogP contribution in [0.25, 0.3) is 0 Å². The zero-order valence-corrected chi connectivity index (χ0v) is 11.9. The predicted molar refractivity (Wildman–Crippen MR) is 78.5 cm³/mol. The molecule has 1 fully saturated rings. The van der Waals surface area contributed by atoms with Crippen molar-refractivity contribution >= 4 is 0 Å². The van der Waals surface area contributed by atoms with Crippen LogP contribution in [0, 0.1) is 16.7 Å². The summed E-state index contributed by atoms with van der Waals surface area (Å²) in [5.41, 5.74) is 1.25. The van der Waals surface area contributed by atoms with Gasteiger partial charge < -0.3 is 0 Å². The van der Waals surface area contributed by atoms with Gasteiger partial charge in [0.2, 0.25) is 0 Å². The normalized spacial score (nSPS) is 18.2. The van der Waals surface area contributed by atoms with Gasteiger partial charge in [0.25, 0.3) is 0 Å². The van der Waals surface area contributed by atoms with Crippen LogP contribution in [0.3, 0.4) is 0 Å². The fraction of sp³-hybridized carbons (Fsp3) is 0.588.